The molecule has 0 unspecified atom stereocenters. The van der Waals surface area contributed by atoms with Crippen LogP contribution in [-0.2, 0) is 11.3 Å². The van der Waals surface area contributed by atoms with Gasteiger partial charge in [0.25, 0.3) is 0 Å². The molecule has 0 atom stereocenters. The zero-order valence-corrected chi connectivity index (χ0v) is 20.8. The first kappa shape index (κ1) is 23.8. The normalized spacial score (nSPS) is 14.8. The molecule has 0 aliphatic carbocycles. The Balaban J connectivity index is 1.26. The number of likely N-dealkylation sites (tertiary alicyclic amines) is 1. The number of rotatable bonds is 9. The van der Waals surface area contributed by atoms with Crippen molar-refractivity contribution in [2.75, 3.05) is 19.7 Å². The van der Waals surface area contributed by atoms with Gasteiger partial charge in [0, 0.05) is 21.6 Å². The highest BCUT2D eigenvalue weighted by Gasteiger charge is 2.21. The Bertz CT molecular complexity index is 1020. The molecule has 0 bridgehead atoms. The predicted molar refractivity (Wildman–Crippen MR) is 141 cm³/mol. The second kappa shape index (κ2) is 12.2. The van der Waals surface area contributed by atoms with Crippen molar-refractivity contribution in [2.45, 2.75) is 31.9 Å². The molecule has 3 aromatic rings. The van der Waals surface area contributed by atoms with E-state index in [0.717, 1.165) is 36.2 Å². The summed E-state index contributed by atoms with van der Waals surface area (Å²) < 4.78 is 7.44. The van der Waals surface area contributed by atoms with Gasteiger partial charge in [0.05, 0.1) is 5.69 Å². The van der Waals surface area contributed by atoms with Crippen molar-refractivity contribution in [3.8, 4) is 0 Å². The van der Waals surface area contributed by atoms with Crippen LogP contribution in [0.2, 0.25) is 0 Å². The molecule has 1 heterocycles. The summed E-state index contributed by atoms with van der Waals surface area (Å²) in [5.41, 5.74) is 13.0. The van der Waals surface area contributed by atoms with E-state index in [-0.39, 0.29) is 6.10 Å². The molecule has 4 rings (SSSR count). The van der Waals surface area contributed by atoms with Crippen molar-refractivity contribution in [3.63, 3.8) is 0 Å². The third kappa shape index (κ3) is 6.81. The molecule has 6 heteroatoms. The van der Waals surface area contributed by atoms with Gasteiger partial charge in [0.2, 0.25) is 0 Å². The number of hydrogen-bond donors (Lipinski definition) is 0. The van der Waals surface area contributed by atoms with E-state index in [2.05, 4.69) is 110 Å². The summed E-state index contributed by atoms with van der Waals surface area (Å²) in [7, 11) is 0. The highest BCUT2D eigenvalue weighted by molar-refractivity contribution is 14.1. The smallest absolute Gasteiger partial charge is 0.108 e. The molecule has 1 fully saturated rings. The Morgan fingerprint density at radius 1 is 0.970 bits per heavy atom. The van der Waals surface area contributed by atoms with E-state index in [1.54, 1.807) is 0 Å². The summed E-state index contributed by atoms with van der Waals surface area (Å²) in [6.45, 7) is 3.94. The largest absolute Gasteiger partial charge is 0.369 e. The average molecular weight is 552 g/mol. The SMILES string of the molecule is [N-]=[N+]=Nc1ccc(CN2CCC(CCOC(c3ccccc3)c3ccccc3)CC2)cc1I. The Kier molecular flexibility index (Phi) is 8.78. The van der Waals surface area contributed by atoms with Gasteiger partial charge in [0.15, 0.2) is 0 Å². The summed E-state index contributed by atoms with van der Waals surface area (Å²) in [5, 5.41) is 3.73. The second-order valence-corrected chi connectivity index (χ2v) is 9.72. The highest BCUT2D eigenvalue weighted by Crippen LogP contribution is 2.29. The van der Waals surface area contributed by atoms with Crippen molar-refractivity contribution in [1.29, 1.82) is 0 Å². The predicted octanol–water partition coefficient (Wildman–Crippen LogP) is 7.64. The van der Waals surface area contributed by atoms with Gasteiger partial charge < -0.3 is 4.74 Å². The first-order chi connectivity index (χ1) is 16.2. The molecule has 170 valence electrons. The minimum Gasteiger partial charge on any atom is -0.369 e. The van der Waals surface area contributed by atoms with Crippen molar-refractivity contribution in [3.05, 3.63) is 110 Å². The van der Waals surface area contributed by atoms with E-state index in [1.165, 1.54) is 29.5 Å². The zero-order chi connectivity index (χ0) is 22.9. The molecule has 0 saturated carbocycles. The highest BCUT2D eigenvalue weighted by atomic mass is 127. The van der Waals surface area contributed by atoms with E-state index < -0.39 is 0 Å². The van der Waals surface area contributed by atoms with E-state index in [1.807, 2.05) is 6.07 Å². The topological polar surface area (TPSA) is 61.2 Å². The van der Waals surface area contributed by atoms with Gasteiger partial charge in [-0.15, -0.1) is 0 Å². The first-order valence-electron chi connectivity index (χ1n) is 11.5. The van der Waals surface area contributed by atoms with Gasteiger partial charge in [-0.2, -0.15) is 0 Å². The first-order valence-corrected chi connectivity index (χ1v) is 12.6. The van der Waals surface area contributed by atoms with Crippen LogP contribution >= 0.6 is 22.6 Å². The Hall–Kier alpha value is -2.38. The van der Waals surface area contributed by atoms with E-state index in [4.69, 9.17) is 10.3 Å². The molecule has 3 aromatic carbocycles. The molecule has 5 nitrogen and oxygen atoms in total. The van der Waals surface area contributed by atoms with Gasteiger partial charge >= 0.3 is 0 Å². The van der Waals surface area contributed by atoms with Gasteiger partial charge in [-0.1, -0.05) is 77.9 Å². The fourth-order valence-electron chi connectivity index (χ4n) is 4.46. The zero-order valence-electron chi connectivity index (χ0n) is 18.7. The summed E-state index contributed by atoms with van der Waals surface area (Å²) in [5.74, 6) is 0.709. The maximum Gasteiger partial charge on any atom is 0.108 e. The lowest BCUT2D eigenvalue weighted by molar-refractivity contribution is 0.0596. The van der Waals surface area contributed by atoms with Crippen LogP contribution in [0.5, 0.6) is 0 Å². The third-order valence-corrected chi connectivity index (χ3v) is 7.16. The van der Waals surface area contributed by atoms with Crippen LogP contribution in [0, 0.1) is 9.49 Å². The summed E-state index contributed by atoms with van der Waals surface area (Å²) in [6, 6.07) is 27.1. The molecular weight excluding hydrogens is 523 g/mol. The van der Waals surface area contributed by atoms with E-state index >= 15 is 0 Å². The fraction of sp³-hybridized carbons (Fsp3) is 0.333. The maximum absolute atomic E-state index is 8.65. The summed E-state index contributed by atoms with van der Waals surface area (Å²) in [4.78, 5) is 5.41. The van der Waals surface area contributed by atoms with Crippen LogP contribution in [0.4, 0.5) is 5.69 Å². The van der Waals surface area contributed by atoms with Crippen LogP contribution in [0.15, 0.2) is 84.0 Å². The minimum absolute atomic E-state index is 0.0108. The van der Waals surface area contributed by atoms with E-state index in [0.29, 0.717) is 11.6 Å². The third-order valence-electron chi connectivity index (χ3n) is 6.29. The monoisotopic (exact) mass is 552 g/mol. The van der Waals surface area contributed by atoms with Crippen LogP contribution in [0.1, 0.15) is 42.1 Å². The quantitative estimate of drug-likeness (QED) is 0.119. The lowest BCUT2D eigenvalue weighted by Gasteiger charge is -2.32. The Morgan fingerprint density at radius 2 is 1.61 bits per heavy atom. The lowest BCUT2D eigenvalue weighted by atomic mass is 9.93. The van der Waals surface area contributed by atoms with E-state index in [9.17, 15) is 0 Å². The van der Waals surface area contributed by atoms with Crippen LogP contribution in [-0.4, -0.2) is 24.6 Å². The maximum atomic E-state index is 8.65. The van der Waals surface area contributed by atoms with Crippen molar-refractivity contribution >= 4 is 28.3 Å². The van der Waals surface area contributed by atoms with Crippen LogP contribution in [0.3, 0.4) is 0 Å². The Labute approximate surface area is 209 Å². The molecule has 1 aliphatic rings. The average Bonchev–Trinajstić information content (AvgIpc) is 2.86. The van der Waals surface area contributed by atoms with Crippen LogP contribution < -0.4 is 0 Å². The van der Waals surface area contributed by atoms with Gasteiger partial charge in [0.1, 0.15) is 6.10 Å². The van der Waals surface area contributed by atoms with Crippen molar-refractivity contribution < 1.29 is 4.74 Å². The number of hydrogen-bond acceptors (Lipinski definition) is 3. The molecule has 1 aliphatic heterocycles. The van der Waals surface area contributed by atoms with Gasteiger partial charge in [-0.3, -0.25) is 4.90 Å². The molecule has 1 saturated heterocycles. The summed E-state index contributed by atoms with van der Waals surface area (Å²) in [6.07, 6.45) is 3.50. The summed E-state index contributed by atoms with van der Waals surface area (Å²) >= 11 is 2.24. The van der Waals surface area contributed by atoms with Crippen molar-refractivity contribution in [2.24, 2.45) is 11.0 Å². The molecule has 0 radical (unpaired) electrons. The molecule has 0 spiro atoms. The number of ether oxygens (including phenoxy) is 1. The molecule has 0 N–H and O–H groups in total. The molecular formula is C27H29IN4O. The second-order valence-electron chi connectivity index (χ2n) is 8.56. The Morgan fingerprint density at radius 3 is 2.18 bits per heavy atom. The van der Waals surface area contributed by atoms with Gasteiger partial charge in [-0.25, -0.2) is 0 Å². The van der Waals surface area contributed by atoms with Crippen molar-refractivity contribution in [1.82, 2.24) is 4.90 Å². The number of azide groups is 1. The minimum atomic E-state index is -0.0108. The molecule has 33 heavy (non-hydrogen) atoms. The number of benzene rings is 3. The molecule has 0 aromatic heterocycles. The molecule has 0 amide bonds. The number of nitrogens with zero attached hydrogens (tertiary/aromatic N) is 4. The number of halogens is 1. The van der Waals surface area contributed by atoms with Gasteiger partial charge in [-0.05, 0) is 89.1 Å². The standard InChI is InChI=1S/C27H29IN4O/c28-25-19-22(11-12-26(25)30-31-29)20-32-16-13-21(14-17-32)15-18-33-27(23-7-3-1-4-8-23)24-9-5-2-6-10-24/h1-12,19,21,27H,13-18,20H2. The number of piperidine rings is 1. The van der Waals surface area contributed by atoms with Crippen LogP contribution in [0.25, 0.3) is 10.4 Å². The fourth-order valence-corrected chi connectivity index (χ4v) is 5.15. The lowest BCUT2D eigenvalue weighted by Crippen LogP contribution is -2.33.